The molecule has 32 heavy (non-hydrogen) atoms. The van der Waals surface area contributed by atoms with Crippen molar-refractivity contribution in [2.45, 2.75) is 6.04 Å². The van der Waals surface area contributed by atoms with Gasteiger partial charge in [0, 0.05) is 17.8 Å². The lowest BCUT2D eigenvalue weighted by atomic mass is 9.98. The van der Waals surface area contributed by atoms with Gasteiger partial charge >= 0.3 is 0 Å². The van der Waals surface area contributed by atoms with Gasteiger partial charge in [0.1, 0.15) is 11.3 Å². The maximum atomic E-state index is 13.5. The number of fused-ring (bicyclic) bond motifs is 2. The Kier molecular flexibility index (Phi) is 4.48. The quantitative estimate of drug-likeness (QED) is 0.351. The summed E-state index contributed by atoms with van der Waals surface area (Å²) in [6.07, 6.45) is 0. The summed E-state index contributed by atoms with van der Waals surface area (Å²) in [5, 5.41) is 11.7. The van der Waals surface area contributed by atoms with Crippen LogP contribution >= 0.6 is 0 Å². The third kappa shape index (κ3) is 2.92. The minimum absolute atomic E-state index is 0.0685. The van der Waals surface area contributed by atoms with Crippen LogP contribution in [0.1, 0.15) is 27.7 Å². The first kappa shape index (κ1) is 19.5. The summed E-state index contributed by atoms with van der Waals surface area (Å²) in [5.41, 5.74) is 0.918. The number of nitro benzene ring substituents is 1. The summed E-state index contributed by atoms with van der Waals surface area (Å²) in [5.74, 6) is 0.0373. The molecule has 0 spiro atoms. The Morgan fingerprint density at radius 3 is 2.47 bits per heavy atom. The molecule has 1 aliphatic heterocycles. The number of hydrogen-bond acceptors (Lipinski definition) is 6. The zero-order valence-electron chi connectivity index (χ0n) is 16.8. The third-order valence-electron chi connectivity index (χ3n) is 5.52. The van der Waals surface area contributed by atoms with Crippen LogP contribution in [0.4, 0.5) is 11.4 Å². The molecule has 2 heterocycles. The molecule has 1 unspecified atom stereocenters. The Bertz CT molecular complexity index is 1440. The first-order valence-corrected chi connectivity index (χ1v) is 9.77. The van der Waals surface area contributed by atoms with Crippen LogP contribution in [0.3, 0.4) is 0 Å². The van der Waals surface area contributed by atoms with Crippen LogP contribution < -0.4 is 15.1 Å². The highest BCUT2D eigenvalue weighted by atomic mass is 16.6. The molecular formula is C24H16N2O6. The van der Waals surface area contributed by atoms with Gasteiger partial charge in [-0.25, -0.2) is 0 Å². The number of anilines is 1. The molecule has 0 fully saturated rings. The fourth-order valence-electron chi connectivity index (χ4n) is 4.05. The van der Waals surface area contributed by atoms with E-state index in [0.29, 0.717) is 28.0 Å². The van der Waals surface area contributed by atoms with Gasteiger partial charge in [0.2, 0.25) is 5.76 Å². The van der Waals surface area contributed by atoms with Crippen LogP contribution in [0.5, 0.6) is 5.75 Å². The number of para-hydroxylation sites is 1. The Hall–Kier alpha value is -4.46. The van der Waals surface area contributed by atoms with Gasteiger partial charge in [0.15, 0.2) is 5.43 Å². The number of amides is 1. The Morgan fingerprint density at radius 1 is 1.00 bits per heavy atom. The summed E-state index contributed by atoms with van der Waals surface area (Å²) < 4.78 is 11.1. The lowest BCUT2D eigenvalue weighted by Crippen LogP contribution is -2.29. The second-order valence-corrected chi connectivity index (χ2v) is 7.30. The van der Waals surface area contributed by atoms with Gasteiger partial charge in [0.05, 0.1) is 29.0 Å². The van der Waals surface area contributed by atoms with E-state index in [9.17, 15) is 19.7 Å². The Balaban J connectivity index is 1.79. The predicted molar refractivity (Wildman–Crippen MR) is 117 cm³/mol. The molecule has 1 atom stereocenters. The van der Waals surface area contributed by atoms with Crippen molar-refractivity contribution in [3.05, 3.63) is 110 Å². The minimum atomic E-state index is -0.883. The first-order valence-electron chi connectivity index (χ1n) is 9.77. The van der Waals surface area contributed by atoms with E-state index in [4.69, 9.17) is 9.15 Å². The summed E-state index contributed by atoms with van der Waals surface area (Å²) in [7, 11) is 1.53. The summed E-state index contributed by atoms with van der Waals surface area (Å²) in [6, 6.07) is 18.5. The maximum Gasteiger partial charge on any atom is 0.295 e. The van der Waals surface area contributed by atoms with Crippen molar-refractivity contribution < 1.29 is 18.9 Å². The van der Waals surface area contributed by atoms with Crippen molar-refractivity contribution in [3.63, 3.8) is 0 Å². The van der Waals surface area contributed by atoms with Gasteiger partial charge in [0.25, 0.3) is 11.6 Å². The van der Waals surface area contributed by atoms with Crippen molar-refractivity contribution in [1.29, 1.82) is 0 Å². The molecule has 8 heteroatoms. The second kappa shape index (κ2) is 7.35. The number of carbonyl (C=O) groups excluding carboxylic acids is 1. The third-order valence-corrected chi connectivity index (χ3v) is 5.52. The number of nitrogens with zero attached hydrogens (tertiary/aromatic N) is 2. The standard InChI is InChI=1S/C24H16N2O6/c1-31-17-11-9-15(10-12-17)25-21(14-5-4-6-16(13-14)26(29)30)20-22(27)18-7-2-3-8-19(18)32-23(20)24(25)28/h2-13,21H,1H3. The van der Waals surface area contributed by atoms with Crippen molar-refractivity contribution >= 4 is 28.3 Å². The molecule has 8 nitrogen and oxygen atoms in total. The van der Waals surface area contributed by atoms with E-state index in [1.807, 2.05) is 0 Å². The SMILES string of the molecule is COc1ccc(N2C(=O)c3oc4ccccc4c(=O)c3C2c2cccc([N+](=O)[O-])c2)cc1. The largest absolute Gasteiger partial charge is 0.497 e. The molecule has 0 bridgehead atoms. The van der Waals surface area contributed by atoms with Crippen LogP contribution in [0.2, 0.25) is 0 Å². The zero-order chi connectivity index (χ0) is 22.4. The van der Waals surface area contributed by atoms with Crippen LogP contribution in [0.15, 0.2) is 82.0 Å². The molecule has 0 aliphatic carbocycles. The monoisotopic (exact) mass is 428 g/mol. The predicted octanol–water partition coefficient (Wildman–Crippen LogP) is 4.46. The molecule has 158 valence electrons. The van der Waals surface area contributed by atoms with E-state index in [2.05, 4.69) is 0 Å². The topological polar surface area (TPSA) is 103 Å². The van der Waals surface area contributed by atoms with Gasteiger partial charge in [-0.1, -0.05) is 24.3 Å². The summed E-state index contributed by atoms with van der Waals surface area (Å²) >= 11 is 0. The number of methoxy groups -OCH3 is 1. The number of ether oxygens (including phenoxy) is 1. The molecule has 3 aromatic carbocycles. The normalized spacial score (nSPS) is 15.1. The molecule has 1 aliphatic rings. The first-order chi connectivity index (χ1) is 15.5. The molecule has 1 aromatic heterocycles. The molecule has 4 aromatic rings. The highest BCUT2D eigenvalue weighted by Crippen LogP contribution is 2.42. The maximum absolute atomic E-state index is 13.5. The lowest BCUT2D eigenvalue weighted by Gasteiger charge is -2.25. The number of nitro groups is 1. The van der Waals surface area contributed by atoms with E-state index >= 15 is 0 Å². The van der Waals surface area contributed by atoms with Crippen molar-refractivity contribution in [1.82, 2.24) is 0 Å². The molecule has 5 rings (SSSR count). The summed E-state index contributed by atoms with van der Waals surface area (Å²) in [6.45, 7) is 0. The van der Waals surface area contributed by atoms with Crippen LogP contribution in [0.25, 0.3) is 11.0 Å². The van der Waals surface area contributed by atoms with Crippen molar-refractivity contribution in [2.75, 3.05) is 12.0 Å². The molecule has 0 N–H and O–H groups in total. The van der Waals surface area contributed by atoms with E-state index in [1.165, 1.54) is 30.2 Å². The smallest absolute Gasteiger partial charge is 0.295 e. The fourth-order valence-corrected chi connectivity index (χ4v) is 4.05. The number of hydrogen-bond donors (Lipinski definition) is 0. The van der Waals surface area contributed by atoms with Crippen LogP contribution in [0, 0.1) is 10.1 Å². The van der Waals surface area contributed by atoms with Gasteiger partial charge in [-0.3, -0.25) is 24.6 Å². The van der Waals surface area contributed by atoms with Gasteiger partial charge in [-0.15, -0.1) is 0 Å². The Labute approximate surface area is 181 Å². The minimum Gasteiger partial charge on any atom is -0.497 e. The molecule has 1 amide bonds. The average Bonchev–Trinajstić information content (AvgIpc) is 3.12. The second-order valence-electron chi connectivity index (χ2n) is 7.30. The number of carbonyl (C=O) groups is 1. The fraction of sp³-hybridized carbons (Fsp3) is 0.0833. The van der Waals surface area contributed by atoms with Crippen molar-refractivity contribution in [2.24, 2.45) is 0 Å². The number of non-ortho nitro benzene ring substituents is 1. The number of rotatable bonds is 4. The summed E-state index contributed by atoms with van der Waals surface area (Å²) in [4.78, 5) is 39.2. The van der Waals surface area contributed by atoms with Gasteiger partial charge in [-0.05, 0) is 42.0 Å². The van der Waals surface area contributed by atoms with E-state index < -0.39 is 16.9 Å². The van der Waals surface area contributed by atoms with E-state index in [0.717, 1.165) is 0 Å². The number of benzene rings is 3. The highest BCUT2D eigenvalue weighted by molar-refractivity contribution is 6.10. The molecule has 0 radical (unpaired) electrons. The van der Waals surface area contributed by atoms with Crippen LogP contribution in [-0.2, 0) is 0 Å². The molecule has 0 saturated carbocycles. The van der Waals surface area contributed by atoms with Gasteiger partial charge < -0.3 is 9.15 Å². The van der Waals surface area contributed by atoms with Crippen LogP contribution in [-0.4, -0.2) is 17.9 Å². The lowest BCUT2D eigenvalue weighted by molar-refractivity contribution is -0.384. The average molecular weight is 428 g/mol. The molecular weight excluding hydrogens is 412 g/mol. The van der Waals surface area contributed by atoms with E-state index in [-0.39, 0.29) is 22.4 Å². The van der Waals surface area contributed by atoms with Gasteiger partial charge in [-0.2, -0.15) is 0 Å². The molecule has 0 saturated heterocycles. The Morgan fingerprint density at radius 2 is 1.75 bits per heavy atom. The zero-order valence-corrected chi connectivity index (χ0v) is 16.8. The van der Waals surface area contributed by atoms with E-state index in [1.54, 1.807) is 54.6 Å². The van der Waals surface area contributed by atoms with Crippen molar-refractivity contribution in [3.8, 4) is 5.75 Å². The highest BCUT2D eigenvalue weighted by Gasteiger charge is 2.44.